The van der Waals surface area contributed by atoms with Gasteiger partial charge in [-0.3, -0.25) is 0 Å². The number of anilines is 1. The number of amides is 2. The summed E-state index contributed by atoms with van der Waals surface area (Å²) in [5.41, 5.74) is 8.29. The number of fused-ring (bicyclic) bond motifs is 5. The number of carbonyl (C=O) groups is 1. The second-order valence-electron chi connectivity index (χ2n) is 9.54. The summed E-state index contributed by atoms with van der Waals surface area (Å²) >= 11 is 1.92. The highest BCUT2D eigenvalue weighted by atomic mass is 32.1. The van der Waals surface area contributed by atoms with Crippen LogP contribution in [0, 0.1) is 13.8 Å². The van der Waals surface area contributed by atoms with Gasteiger partial charge in [-0.25, -0.2) is 4.79 Å². The average Bonchev–Trinajstić information content (AvgIpc) is 3.42. The summed E-state index contributed by atoms with van der Waals surface area (Å²) in [6.45, 7) is 4.78. The molecule has 1 aliphatic heterocycles. The number of hydrogen-bond donors (Lipinski definition) is 1. The van der Waals surface area contributed by atoms with Crippen molar-refractivity contribution >= 4 is 23.1 Å². The molecule has 0 radical (unpaired) electrons. The van der Waals surface area contributed by atoms with Crippen molar-refractivity contribution in [1.82, 2.24) is 9.47 Å². The number of hydrogen-bond acceptors (Lipinski definition) is 2. The molecule has 0 spiro atoms. The van der Waals surface area contributed by atoms with Gasteiger partial charge in [0.2, 0.25) is 0 Å². The van der Waals surface area contributed by atoms with Gasteiger partial charge >= 0.3 is 6.03 Å². The molecule has 2 aliphatic rings. The Morgan fingerprint density at radius 2 is 1.76 bits per heavy atom. The normalized spacial score (nSPS) is 16.9. The molecule has 2 aromatic heterocycles. The van der Waals surface area contributed by atoms with E-state index in [2.05, 4.69) is 66.3 Å². The molecule has 4 nitrogen and oxygen atoms in total. The van der Waals surface area contributed by atoms with Gasteiger partial charge in [-0.1, -0.05) is 47.5 Å². The fourth-order valence-electron chi connectivity index (χ4n) is 5.41. The zero-order valence-electron chi connectivity index (χ0n) is 19.7. The van der Waals surface area contributed by atoms with Gasteiger partial charge in [0, 0.05) is 22.3 Å². The minimum Gasteiger partial charge on any atom is -0.310 e. The first-order valence-electron chi connectivity index (χ1n) is 12.1. The Hall–Kier alpha value is -3.31. The van der Waals surface area contributed by atoms with Crippen LogP contribution in [-0.4, -0.2) is 15.5 Å². The molecule has 34 heavy (non-hydrogen) atoms. The Morgan fingerprint density at radius 3 is 2.59 bits per heavy atom. The van der Waals surface area contributed by atoms with Crippen molar-refractivity contribution in [2.45, 2.75) is 52.1 Å². The Kier molecular flexibility index (Phi) is 5.30. The van der Waals surface area contributed by atoms with Crippen molar-refractivity contribution in [2.24, 2.45) is 0 Å². The zero-order valence-corrected chi connectivity index (χ0v) is 20.5. The number of nitrogens with one attached hydrogen (secondary N) is 1. The third kappa shape index (κ3) is 3.64. The number of nitrogens with zero attached hydrogens (tertiary/aromatic N) is 2. The molecule has 0 saturated carbocycles. The number of aryl methyl sites for hydroxylation is 3. The highest BCUT2D eigenvalue weighted by molar-refractivity contribution is 7.15. The van der Waals surface area contributed by atoms with E-state index < -0.39 is 0 Å². The van der Waals surface area contributed by atoms with Gasteiger partial charge in [-0.15, -0.1) is 11.3 Å². The van der Waals surface area contributed by atoms with Gasteiger partial charge in [-0.05, 0) is 74.9 Å². The molecule has 0 fully saturated rings. The van der Waals surface area contributed by atoms with Crippen LogP contribution in [0.25, 0.3) is 5.00 Å². The molecule has 4 aromatic rings. The number of rotatable bonds is 2. The largest absolute Gasteiger partial charge is 0.322 e. The first-order valence-corrected chi connectivity index (χ1v) is 12.9. The molecule has 5 heteroatoms. The van der Waals surface area contributed by atoms with Crippen LogP contribution >= 0.6 is 11.3 Å². The van der Waals surface area contributed by atoms with Crippen LogP contribution in [-0.2, 0) is 19.4 Å². The van der Waals surface area contributed by atoms with E-state index in [0.29, 0.717) is 6.54 Å². The molecule has 3 heterocycles. The van der Waals surface area contributed by atoms with Gasteiger partial charge in [-0.2, -0.15) is 0 Å². The molecule has 2 aromatic carbocycles. The van der Waals surface area contributed by atoms with Gasteiger partial charge in [0.25, 0.3) is 0 Å². The van der Waals surface area contributed by atoms with Gasteiger partial charge in [0.05, 0.1) is 18.3 Å². The minimum atomic E-state index is -0.167. The van der Waals surface area contributed by atoms with Crippen LogP contribution in [0.15, 0.2) is 66.9 Å². The lowest BCUT2D eigenvalue weighted by atomic mass is 9.95. The summed E-state index contributed by atoms with van der Waals surface area (Å²) in [6, 6.07) is 20.7. The van der Waals surface area contributed by atoms with Gasteiger partial charge in [0.1, 0.15) is 5.00 Å². The molecule has 2 amide bonds. The van der Waals surface area contributed by atoms with E-state index in [1.165, 1.54) is 45.0 Å². The van der Waals surface area contributed by atoms with Crippen LogP contribution in [0.5, 0.6) is 0 Å². The topological polar surface area (TPSA) is 37.3 Å². The molecule has 172 valence electrons. The highest BCUT2D eigenvalue weighted by Gasteiger charge is 2.36. The van der Waals surface area contributed by atoms with E-state index in [4.69, 9.17) is 0 Å². The molecule has 0 unspecified atom stereocenters. The maximum absolute atomic E-state index is 13.9. The number of benzene rings is 2. The average molecular weight is 468 g/mol. The van der Waals surface area contributed by atoms with Crippen molar-refractivity contribution in [3.05, 3.63) is 105 Å². The monoisotopic (exact) mass is 467 g/mol. The van der Waals surface area contributed by atoms with Crippen molar-refractivity contribution in [3.63, 3.8) is 0 Å². The summed E-state index contributed by atoms with van der Waals surface area (Å²) in [5.74, 6) is 0. The summed E-state index contributed by atoms with van der Waals surface area (Å²) < 4.78 is 2.34. The zero-order chi connectivity index (χ0) is 23.2. The van der Waals surface area contributed by atoms with Crippen LogP contribution in [0.3, 0.4) is 0 Å². The number of carbonyl (C=O) groups excluding carboxylic acids is 1. The summed E-state index contributed by atoms with van der Waals surface area (Å²) in [6.07, 6.45) is 6.92. The van der Waals surface area contributed by atoms with Crippen LogP contribution in [0.1, 0.15) is 57.3 Å². The molecule has 1 atom stereocenters. The number of thiophene rings is 1. The maximum Gasteiger partial charge on any atom is 0.322 e. The Balaban J connectivity index is 1.50. The first-order chi connectivity index (χ1) is 16.6. The van der Waals surface area contributed by atoms with E-state index in [-0.39, 0.29) is 12.1 Å². The van der Waals surface area contributed by atoms with Gasteiger partial charge < -0.3 is 14.8 Å². The van der Waals surface area contributed by atoms with E-state index in [9.17, 15) is 4.79 Å². The SMILES string of the molecule is Cc1ccc(NC(=O)N2Cc3c(sc4c3CCCC4)-n3cccc3[C@@H]2c2cccc(C)c2)cc1. The summed E-state index contributed by atoms with van der Waals surface area (Å²) in [7, 11) is 0. The second kappa shape index (κ2) is 8.48. The van der Waals surface area contributed by atoms with Crippen molar-refractivity contribution in [1.29, 1.82) is 0 Å². The van der Waals surface area contributed by atoms with E-state index in [0.717, 1.165) is 29.8 Å². The Morgan fingerprint density at radius 1 is 0.941 bits per heavy atom. The standard InChI is InChI=1S/C29H29N3OS/c1-19-12-14-22(15-13-19)30-29(33)32-18-24-23-9-3-4-11-26(23)34-28(24)31-16-6-10-25(31)27(32)21-8-5-7-20(2)17-21/h5-8,10,12-17,27H,3-4,9,11,18H2,1-2H3,(H,30,33)/t27-/m0/s1. The lowest BCUT2D eigenvalue weighted by Gasteiger charge is -2.31. The molecule has 1 aliphatic carbocycles. The maximum atomic E-state index is 13.9. The predicted octanol–water partition coefficient (Wildman–Crippen LogP) is 7.17. The quantitative estimate of drug-likeness (QED) is 0.333. The van der Waals surface area contributed by atoms with Gasteiger partial charge in [0.15, 0.2) is 0 Å². The Bertz CT molecular complexity index is 1360. The van der Waals surface area contributed by atoms with Crippen molar-refractivity contribution in [3.8, 4) is 5.00 Å². The molecule has 0 saturated heterocycles. The van der Waals surface area contributed by atoms with E-state index in [1.54, 1.807) is 0 Å². The number of urea groups is 1. The van der Waals surface area contributed by atoms with Crippen LogP contribution < -0.4 is 5.32 Å². The lowest BCUT2D eigenvalue weighted by Crippen LogP contribution is -2.38. The number of aromatic nitrogens is 1. The smallest absolute Gasteiger partial charge is 0.310 e. The molecule has 6 rings (SSSR count). The van der Waals surface area contributed by atoms with E-state index >= 15 is 0 Å². The van der Waals surface area contributed by atoms with Crippen molar-refractivity contribution in [2.75, 3.05) is 5.32 Å². The molecular formula is C29H29N3OS. The van der Waals surface area contributed by atoms with Crippen LogP contribution in [0.2, 0.25) is 0 Å². The lowest BCUT2D eigenvalue weighted by molar-refractivity contribution is 0.194. The predicted molar refractivity (Wildman–Crippen MR) is 139 cm³/mol. The Labute approximate surface area is 204 Å². The summed E-state index contributed by atoms with van der Waals surface area (Å²) in [4.78, 5) is 17.5. The fourth-order valence-corrected chi connectivity index (χ4v) is 6.81. The van der Waals surface area contributed by atoms with Crippen LogP contribution in [0.4, 0.5) is 10.5 Å². The fraction of sp³-hybridized carbons (Fsp3) is 0.276. The third-order valence-corrected chi connectivity index (χ3v) is 8.43. The molecule has 1 N–H and O–H groups in total. The molecule has 0 bridgehead atoms. The first kappa shape index (κ1) is 21.2. The second-order valence-corrected chi connectivity index (χ2v) is 10.6. The van der Waals surface area contributed by atoms with Crippen molar-refractivity contribution < 1.29 is 4.79 Å². The highest BCUT2D eigenvalue weighted by Crippen LogP contribution is 2.44. The summed E-state index contributed by atoms with van der Waals surface area (Å²) in [5, 5.41) is 4.48. The molecular weight excluding hydrogens is 438 g/mol. The third-order valence-electron chi connectivity index (χ3n) is 7.10. The van der Waals surface area contributed by atoms with E-state index in [1.807, 2.05) is 40.5 Å². The minimum absolute atomic E-state index is 0.0632.